The van der Waals surface area contributed by atoms with Gasteiger partial charge in [-0.1, -0.05) is 31.2 Å². The van der Waals surface area contributed by atoms with E-state index in [1.54, 1.807) is 0 Å². The standard InChI is InChI=1S/C22H37N3O2.HI/c1-3-19-6-8-20(9-7-19)10-14-25-22(23-4-2)24-13-5-15-27-18-21-11-16-26-17-12-21;/h6-9,21H,3-5,10-18H2,1-2H3,(H2,23,24,25);1H. The first-order chi connectivity index (χ1) is 13.3. The zero-order valence-electron chi connectivity index (χ0n) is 17.5. The minimum absolute atomic E-state index is 0. The quantitative estimate of drug-likeness (QED) is 0.209. The van der Waals surface area contributed by atoms with Crippen molar-refractivity contribution in [3.05, 3.63) is 35.4 Å². The molecule has 0 amide bonds. The Kier molecular flexibility index (Phi) is 14.4. The molecule has 0 radical (unpaired) electrons. The Morgan fingerprint density at radius 3 is 2.50 bits per heavy atom. The van der Waals surface area contributed by atoms with Gasteiger partial charge in [0.1, 0.15) is 0 Å². The van der Waals surface area contributed by atoms with Crippen LogP contribution in [0.5, 0.6) is 0 Å². The zero-order chi connectivity index (χ0) is 19.2. The van der Waals surface area contributed by atoms with Crippen molar-refractivity contribution in [2.75, 3.05) is 46.1 Å². The normalized spacial score (nSPS) is 15.1. The third-order valence-electron chi connectivity index (χ3n) is 4.89. The summed E-state index contributed by atoms with van der Waals surface area (Å²) in [5.74, 6) is 1.57. The zero-order valence-corrected chi connectivity index (χ0v) is 19.9. The van der Waals surface area contributed by atoms with Gasteiger partial charge in [0.15, 0.2) is 5.96 Å². The van der Waals surface area contributed by atoms with E-state index in [-0.39, 0.29) is 24.0 Å². The van der Waals surface area contributed by atoms with Crippen LogP contribution in [0, 0.1) is 5.92 Å². The SMILES string of the molecule is CCNC(=NCCCOCC1CCOCC1)NCCc1ccc(CC)cc1.I. The molecule has 2 rings (SSSR count). The van der Waals surface area contributed by atoms with Crippen LogP contribution in [0.3, 0.4) is 0 Å². The average molecular weight is 503 g/mol. The van der Waals surface area contributed by atoms with Crippen molar-refractivity contribution in [1.29, 1.82) is 0 Å². The minimum atomic E-state index is 0. The van der Waals surface area contributed by atoms with E-state index >= 15 is 0 Å². The maximum atomic E-state index is 5.81. The molecular formula is C22H38IN3O2. The number of hydrogen-bond donors (Lipinski definition) is 2. The summed E-state index contributed by atoms with van der Waals surface area (Å²) in [4.78, 5) is 4.65. The Labute approximate surface area is 188 Å². The average Bonchev–Trinajstić information content (AvgIpc) is 2.71. The van der Waals surface area contributed by atoms with Crippen LogP contribution in [-0.2, 0) is 22.3 Å². The summed E-state index contributed by atoms with van der Waals surface area (Å²) in [6, 6.07) is 8.88. The highest BCUT2D eigenvalue weighted by molar-refractivity contribution is 14.0. The molecule has 2 N–H and O–H groups in total. The Morgan fingerprint density at radius 1 is 1.11 bits per heavy atom. The molecule has 0 spiro atoms. The number of rotatable bonds is 11. The summed E-state index contributed by atoms with van der Waals surface area (Å²) in [5.41, 5.74) is 2.75. The number of guanidine groups is 1. The van der Waals surface area contributed by atoms with Gasteiger partial charge < -0.3 is 20.1 Å². The van der Waals surface area contributed by atoms with Gasteiger partial charge in [-0.05, 0) is 56.1 Å². The number of aliphatic imine (C=N–C) groups is 1. The van der Waals surface area contributed by atoms with Crippen LogP contribution in [0.15, 0.2) is 29.3 Å². The highest BCUT2D eigenvalue weighted by Gasteiger charge is 2.13. The van der Waals surface area contributed by atoms with Gasteiger partial charge in [-0.3, -0.25) is 4.99 Å². The molecule has 1 aromatic rings. The summed E-state index contributed by atoms with van der Waals surface area (Å²) in [7, 11) is 0. The van der Waals surface area contributed by atoms with Gasteiger partial charge in [-0.2, -0.15) is 0 Å². The van der Waals surface area contributed by atoms with Crippen LogP contribution >= 0.6 is 24.0 Å². The lowest BCUT2D eigenvalue weighted by atomic mass is 10.0. The third kappa shape index (κ3) is 10.6. The van der Waals surface area contributed by atoms with Crippen molar-refractivity contribution < 1.29 is 9.47 Å². The Balaban J connectivity index is 0.00000392. The molecule has 1 aliphatic rings. The number of ether oxygens (including phenoxy) is 2. The molecule has 0 atom stereocenters. The molecular weight excluding hydrogens is 465 g/mol. The van der Waals surface area contributed by atoms with Crippen LogP contribution in [-0.4, -0.2) is 52.0 Å². The van der Waals surface area contributed by atoms with Gasteiger partial charge >= 0.3 is 0 Å². The number of nitrogens with one attached hydrogen (secondary N) is 2. The van der Waals surface area contributed by atoms with Gasteiger partial charge in [0.2, 0.25) is 0 Å². The molecule has 1 heterocycles. The molecule has 1 saturated heterocycles. The topological polar surface area (TPSA) is 54.9 Å². The second kappa shape index (κ2) is 16.0. The van der Waals surface area contributed by atoms with Crippen LogP contribution in [0.25, 0.3) is 0 Å². The summed E-state index contributed by atoms with van der Waals surface area (Å²) in [5, 5.41) is 6.74. The van der Waals surface area contributed by atoms with Crippen LogP contribution in [0.4, 0.5) is 0 Å². The van der Waals surface area contributed by atoms with E-state index in [1.807, 2.05) is 0 Å². The molecule has 1 aromatic carbocycles. The predicted octanol–water partition coefficient (Wildman–Crippen LogP) is 3.80. The molecule has 0 bridgehead atoms. The second-order valence-electron chi connectivity index (χ2n) is 7.09. The summed E-state index contributed by atoms with van der Waals surface area (Å²) in [6.07, 6.45) is 5.32. The van der Waals surface area contributed by atoms with E-state index < -0.39 is 0 Å². The minimum Gasteiger partial charge on any atom is -0.381 e. The molecule has 0 saturated carbocycles. The summed E-state index contributed by atoms with van der Waals surface area (Å²) in [6.45, 7) is 10.2. The van der Waals surface area contributed by atoms with E-state index in [0.717, 1.165) is 84.1 Å². The highest BCUT2D eigenvalue weighted by atomic mass is 127. The highest BCUT2D eigenvalue weighted by Crippen LogP contribution is 2.14. The van der Waals surface area contributed by atoms with Crippen molar-refractivity contribution in [2.45, 2.75) is 46.0 Å². The lowest BCUT2D eigenvalue weighted by molar-refractivity contribution is 0.0205. The number of hydrogen-bond acceptors (Lipinski definition) is 3. The van der Waals surface area contributed by atoms with Crippen LogP contribution in [0.1, 0.15) is 44.2 Å². The monoisotopic (exact) mass is 503 g/mol. The first-order valence-corrected chi connectivity index (χ1v) is 10.6. The van der Waals surface area contributed by atoms with E-state index in [1.165, 1.54) is 11.1 Å². The molecule has 0 aromatic heterocycles. The van der Waals surface area contributed by atoms with Crippen LogP contribution in [0.2, 0.25) is 0 Å². The van der Waals surface area contributed by atoms with Crippen molar-refractivity contribution in [1.82, 2.24) is 10.6 Å². The smallest absolute Gasteiger partial charge is 0.191 e. The first kappa shape index (κ1) is 25.2. The third-order valence-corrected chi connectivity index (χ3v) is 4.89. The number of benzene rings is 1. The van der Waals surface area contributed by atoms with Crippen LogP contribution < -0.4 is 10.6 Å². The van der Waals surface area contributed by atoms with Gasteiger partial charge in [0.05, 0.1) is 0 Å². The fourth-order valence-electron chi connectivity index (χ4n) is 3.13. The Bertz CT molecular complexity index is 531. The molecule has 160 valence electrons. The van der Waals surface area contributed by atoms with Gasteiger partial charge in [0, 0.05) is 46.1 Å². The molecule has 28 heavy (non-hydrogen) atoms. The van der Waals surface area contributed by atoms with Crippen molar-refractivity contribution in [2.24, 2.45) is 10.9 Å². The van der Waals surface area contributed by atoms with Gasteiger partial charge in [-0.25, -0.2) is 0 Å². The second-order valence-corrected chi connectivity index (χ2v) is 7.09. The fraction of sp³-hybridized carbons (Fsp3) is 0.682. The number of aryl methyl sites for hydroxylation is 1. The van der Waals surface area contributed by atoms with E-state index in [2.05, 4.69) is 53.7 Å². The lowest BCUT2D eigenvalue weighted by Crippen LogP contribution is -2.38. The number of nitrogens with zero attached hydrogens (tertiary/aromatic N) is 1. The Morgan fingerprint density at radius 2 is 1.82 bits per heavy atom. The molecule has 5 nitrogen and oxygen atoms in total. The summed E-state index contributed by atoms with van der Waals surface area (Å²) >= 11 is 0. The van der Waals surface area contributed by atoms with E-state index in [0.29, 0.717) is 5.92 Å². The largest absolute Gasteiger partial charge is 0.381 e. The maximum absolute atomic E-state index is 5.81. The molecule has 1 fully saturated rings. The lowest BCUT2D eigenvalue weighted by Gasteiger charge is -2.21. The van der Waals surface area contributed by atoms with Crippen molar-refractivity contribution in [3.8, 4) is 0 Å². The van der Waals surface area contributed by atoms with Gasteiger partial charge in [-0.15, -0.1) is 24.0 Å². The van der Waals surface area contributed by atoms with E-state index in [9.17, 15) is 0 Å². The molecule has 0 aliphatic carbocycles. The molecule has 6 heteroatoms. The fourth-order valence-corrected chi connectivity index (χ4v) is 3.13. The molecule has 0 unspecified atom stereocenters. The van der Waals surface area contributed by atoms with Crippen molar-refractivity contribution >= 4 is 29.9 Å². The molecule has 1 aliphatic heterocycles. The van der Waals surface area contributed by atoms with E-state index in [4.69, 9.17) is 9.47 Å². The Hall–Kier alpha value is -0.860. The number of halogens is 1. The summed E-state index contributed by atoms with van der Waals surface area (Å²) < 4.78 is 11.2. The first-order valence-electron chi connectivity index (χ1n) is 10.6. The van der Waals surface area contributed by atoms with Gasteiger partial charge in [0.25, 0.3) is 0 Å². The predicted molar refractivity (Wildman–Crippen MR) is 128 cm³/mol. The maximum Gasteiger partial charge on any atom is 0.191 e. The van der Waals surface area contributed by atoms with Crippen molar-refractivity contribution in [3.63, 3.8) is 0 Å².